The number of nitro groups is 1. The van der Waals surface area contributed by atoms with E-state index in [1.807, 2.05) is 24.3 Å². The van der Waals surface area contributed by atoms with Crippen LogP contribution in [0, 0.1) is 27.4 Å². The van der Waals surface area contributed by atoms with Gasteiger partial charge in [0.2, 0.25) is 11.9 Å². The third kappa shape index (κ3) is 3.35. The van der Waals surface area contributed by atoms with Crippen molar-refractivity contribution in [3.63, 3.8) is 0 Å². The molecule has 10 nitrogen and oxygen atoms in total. The molecule has 10 heteroatoms. The van der Waals surface area contributed by atoms with Crippen LogP contribution in [0.3, 0.4) is 0 Å². The normalized spacial score (nSPS) is 17.4. The van der Waals surface area contributed by atoms with Gasteiger partial charge in [-0.25, -0.2) is 0 Å². The Labute approximate surface area is 169 Å². The SMILES string of the molecule is N#CC1C(=O)Nc2nc(Nc3ccccc3)[nH]c(=O)c2C1c1ccc([N+](=O)[O-])cc1. The second kappa shape index (κ2) is 7.48. The maximum absolute atomic E-state index is 12.9. The first kappa shape index (κ1) is 18.8. The van der Waals surface area contributed by atoms with Crippen molar-refractivity contribution in [2.45, 2.75) is 5.92 Å². The van der Waals surface area contributed by atoms with E-state index >= 15 is 0 Å². The predicted octanol–water partition coefficient (Wildman–Crippen LogP) is 2.65. The number of aromatic amines is 1. The number of nitrogens with zero attached hydrogens (tertiary/aromatic N) is 3. The van der Waals surface area contributed by atoms with Gasteiger partial charge in [0.15, 0.2) is 0 Å². The van der Waals surface area contributed by atoms with Crippen LogP contribution in [0.4, 0.5) is 23.1 Å². The van der Waals surface area contributed by atoms with Gasteiger partial charge in [-0.05, 0) is 17.7 Å². The highest BCUT2D eigenvalue weighted by Crippen LogP contribution is 2.38. The van der Waals surface area contributed by atoms with Crippen LogP contribution in [-0.4, -0.2) is 20.8 Å². The lowest BCUT2D eigenvalue weighted by Gasteiger charge is -2.28. The summed E-state index contributed by atoms with van der Waals surface area (Å²) in [5, 5.41) is 25.9. The van der Waals surface area contributed by atoms with Gasteiger partial charge in [0, 0.05) is 23.7 Å². The van der Waals surface area contributed by atoms with E-state index in [0.717, 1.165) is 0 Å². The van der Waals surface area contributed by atoms with Crippen LogP contribution in [0.15, 0.2) is 59.4 Å². The molecule has 2 aromatic carbocycles. The lowest BCUT2D eigenvalue weighted by Crippen LogP contribution is -2.38. The van der Waals surface area contributed by atoms with Gasteiger partial charge in [-0.2, -0.15) is 10.2 Å². The summed E-state index contributed by atoms with van der Waals surface area (Å²) in [6, 6.07) is 16.3. The van der Waals surface area contributed by atoms with Gasteiger partial charge in [0.1, 0.15) is 11.7 Å². The van der Waals surface area contributed by atoms with E-state index in [-0.39, 0.29) is 23.0 Å². The van der Waals surface area contributed by atoms with E-state index in [9.17, 15) is 25.0 Å². The number of para-hydroxylation sites is 1. The van der Waals surface area contributed by atoms with E-state index in [2.05, 4.69) is 20.6 Å². The molecule has 3 N–H and O–H groups in total. The molecule has 3 aromatic rings. The molecule has 1 aliphatic rings. The number of nitro benzene ring substituents is 1. The monoisotopic (exact) mass is 402 g/mol. The van der Waals surface area contributed by atoms with Gasteiger partial charge < -0.3 is 10.6 Å². The molecular formula is C20H14N6O4. The number of aromatic nitrogens is 2. The number of rotatable bonds is 4. The molecule has 0 aliphatic carbocycles. The topological polar surface area (TPSA) is 154 Å². The highest BCUT2D eigenvalue weighted by atomic mass is 16.6. The molecule has 1 aromatic heterocycles. The molecule has 2 unspecified atom stereocenters. The average Bonchev–Trinajstić information content (AvgIpc) is 2.73. The Morgan fingerprint density at radius 3 is 2.43 bits per heavy atom. The smallest absolute Gasteiger partial charge is 0.269 e. The zero-order valence-corrected chi connectivity index (χ0v) is 15.3. The Hall–Kier alpha value is -4.52. The molecule has 2 atom stereocenters. The molecule has 0 saturated heterocycles. The molecule has 0 fully saturated rings. The highest BCUT2D eigenvalue weighted by molar-refractivity contribution is 5.98. The van der Waals surface area contributed by atoms with Crippen molar-refractivity contribution in [3.8, 4) is 6.07 Å². The molecule has 0 bridgehead atoms. The number of carbonyl (C=O) groups excluding carboxylic acids is 1. The fourth-order valence-electron chi connectivity index (χ4n) is 3.39. The first-order valence-electron chi connectivity index (χ1n) is 8.89. The number of carbonyl (C=O) groups is 1. The van der Waals surface area contributed by atoms with E-state index < -0.39 is 28.2 Å². The fraction of sp³-hybridized carbons (Fsp3) is 0.100. The Morgan fingerprint density at radius 2 is 1.80 bits per heavy atom. The number of hydrogen-bond donors (Lipinski definition) is 3. The number of amides is 1. The Morgan fingerprint density at radius 1 is 1.10 bits per heavy atom. The van der Waals surface area contributed by atoms with Crippen LogP contribution in [0.5, 0.6) is 0 Å². The van der Waals surface area contributed by atoms with Crippen LogP contribution in [-0.2, 0) is 4.79 Å². The number of hydrogen-bond acceptors (Lipinski definition) is 7. The summed E-state index contributed by atoms with van der Waals surface area (Å²) in [4.78, 5) is 42.7. The second-order valence-electron chi connectivity index (χ2n) is 6.59. The van der Waals surface area contributed by atoms with Crippen LogP contribution in [0.1, 0.15) is 17.0 Å². The van der Waals surface area contributed by atoms with Crippen molar-refractivity contribution in [2.24, 2.45) is 5.92 Å². The maximum atomic E-state index is 12.9. The summed E-state index contributed by atoms with van der Waals surface area (Å²) in [5.41, 5.74) is 0.571. The Balaban J connectivity index is 1.80. The molecule has 0 saturated carbocycles. The van der Waals surface area contributed by atoms with Crippen LogP contribution >= 0.6 is 0 Å². The third-order valence-corrected chi connectivity index (χ3v) is 4.76. The minimum absolute atomic E-state index is 0.0389. The quantitative estimate of drug-likeness (QED) is 0.448. The summed E-state index contributed by atoms with van der Waals surface area (Å²) >= 11 is 0. The van der Waals surface area contributed by atoms with Crippen LogP contribution in [0.25, 0.3) is 0 Å². The minimum atomic E-state index is -1.19. The zero-order chi connectivity index (χ0) is 21.3. The summed E-state index contributed by atoms with van der Waals surface area (Å²) in [6.45, 7) is 0. The van der Waals surface area contributed by atoms with Crippen molar-refractivity contribution in [1.29, 1.82) is 5.26 Å². The lowest BCUT2D eigenvalue weighted by atomic mass is 9.79. The highest BCUT2D eigenvalue weighted by Gasteiger charge is 2.40. The molecule has 4 rings (SSSR count). The third-order valence-electron chi connectivity index (χ3n) is 4.76. The predicted molar refractivity (Wildman–Crippen MR) is 107 cm³/mol. The van der Waals surface area contributed by atoms with Crippen LogP contribution in [0.2, 0.25) is 0 Å². The van der Waals surface area contributed by atoms with Crippen molar-refractivity contribution in [2.75, 3.05) is 10.6 Å². The number of benzene rings is 2. The molecule has 1 amide bonds. The van der Waals surface area contributed by atoms with Gasteiger partial charge in [-0.15, -0.1) is 0 Å². The van der Waals surface area contributed by atoms with Gasteiger partial charge >= 0.3 is 0 Å². The fourth-order valence-corrected chi connectivity index (χ4v) is 3.39. The molecule has 148 valence electrons. The first-order chi connectivity index (χ1) is 14.5. The van der Waals surface area contributed by atoms with Crippen molar-refractivity contribution >= 4 is 29.0 Å². The zero-order valence-electron chi connectivity index (χ0n) is 15.3. The molecule has 30 heavy (non-hydrogen) atoms. The first-order valence-corrected chi connectivity index (χ1v) is 8.89. The van der Waals surface area contributed by atoms with Crippen molar-refractivity contribution < 1.29 is 9.72 Å². The minimum Gasteiger partial charge on any atom is -0.326 e. The number of anilines is 3. The standard InChI is InChI=1S/C20H14N6O4/c21-10-14-15(11-6-8-13(9-7-11)26(29)30)16-17(23-18(14)27)24-20(25-19(16)28)22-12-4-2-1-3-5-12/h1-9,14-15H,(H3,22,23,24,25,27,28). The van der Waals surface area contributed by atoms with Gasteiger partial charge in [-0.3, -0.25) is 24.7 Å². The van der Waals surface area contributed by atoms with E-state index in [1.54, 1.807) is 12.1 Å². The lowest BCUT2D eigenvalue weighted by molar-refractivity contribution is -0.384. The van der Waals surface area contributed by atoms with E-state index in [4.69, 9.17) is 0 Å². The number of nitriles is 1. The van der Waals surface area contributed by atoms with Gasteiger partial charge in [0.05, 0.1) is 16.6 Å². The van der Waals surface area contributed by atoms with Crippen LogP contribution < -0.4 is 16.2 Å². The summed E-state index contributed by atoms with van der Waals surface area (Å²) in [7, 11) is 0. The van der Waals surface area contributed by atoms with E-state index in [1.165, 1.54) is 24.3 Å². The maximum Gasteiger partial charge on any atom is 0.269 e. The molecule has 0 radical (unpaired) electrons. The van der Waals surface area contributed by atoms with Crippen molar-refractivity contribution in [1.82, 2.24) is 9.97 Å². The van der Waals surface area contributed by atoms with Crippen molar-refractivity contribution in [3.05, 3.63) is 86.2 Å². The second-order valence-corrected chi connectivity index (χ2v) is 6.59. The molecule has 1 aliphatic heterocycles. The largest absolute Gasteiger partial charge is 0.326 e. The summed E-state index contributed by atoms with van der Waals surface area (Å²) in [6.07, 6.45) is 0. The number of H-pyrrole nitrogens is 1. The Kier molecular flexibility index (Phi) is 4.69. The van der Waals surface area contributed by atoms with Gasteiger partial charge in [-0.1, -0.05) is 30.3 Å². The average molecular weight is 402 g/mol. The Bertz CT molecular complexity index is 1230. The van der Waals surface area contributed by atoms with E-state index in [0.29, 0.717) is 11.3 Å². The molecule has 0 spiro atoms. The number of non-ortho nitro benzene ring substituents is 1. The molecule has 2 heterocycles. The number of fused-ring (bicyclic) bond motifs is 1. The number of nitrogens with one attached hydrogen (secondary N) is 3. The summed E-state index contributed by atoms with van der Waals surface area (Å²) in [5.74, 6) is -2.53. The summed E-state index contributed by atoms with van der Waals surface area (Å²) < 4.78 is 0. The van der Waals surface area contributed by atoms with Gasteiger partial charge in [0.25, 0.3) is 11.2 Å². The molecular weight excluding hydrogens is 388 g/mol.